The van der Waals surface area contributed by atoms with Gasteiger partial charge in [0.05, 0.1) is 0 Å². The first-order chi connectivity index (χ1) is 5.52. The van der Waals surface area contributed by atoms with Crippen LogP contribution in [0.5, 0.6) is 0 Å². The summed E-state index contributed by atoms with van der Waals surface area (Å²) in [6, 6.07) is 1.26. The second kappa shape index (κ2) is 3.09. The van der Waals surface area contributed by atoms with Crippen LogP contribution in [-0.4, -0.2) is 4.57 Å². The number of aryl methyl sites for hydroxylation is 1. The second-order valence-electron chi connectivity index (χ2n) is 3.15. The minimum Gasteiger partial charge on any atom is -0.310 e. The highest BCUT2D eigenvalue weighted by atomic mass is 19.1. The minimum atomic E-state index is -0.360. The van der Waals surface area contributed by atoms with Gasteiger partial charge in [0, 0.05) is 17.8 Å². The molecule has 66 valence electrons. The number of pyridine rings is 1. The summed E-state index contributed by atoms with van der Waals surface area (Å²) in [5.74, 6) is -0.360. The van der Waals surface area contributed by atoms with E-state index < -0.39 is 0 Å². The van der Waals surface area contributed by atoms with E-state index in [0.29, 0.717) is 5.56 Å². The van der Waals surface area contributed by atoms with Crippen molar-refractivity contribution in [3.63, 3.8) is 0 Å². The molecule has 1 rings (SSSR count). The average Bonchev–Trinajstić information content (AvgIpc) is 1.96. The smallest absolute Gasteiger partial charge is 0.253 e. The highest BCUT2D eigenvalue weighted by Crippen LogP contribution is 2.03. The SMILES string of the molecule is Cc1cc(F)cn(C(C)C)c1=O. The van der Waals surface area contributed by atoms with Crippen LogP contribution in [0.4, 0.5) is 4.39 Å². The van der Waals surface area contributed by atoms with Crippen LogP contribution in [0.15, 0.2) is 17.1 Å². The van der Waals surface area contributed by atoms with Gasteiger partial charge in [0.1, 0.15) is 5.82 Å². The van der Waals surface area contributed by atoms with E-state index in [0.717, 1.165) is 0 Å². The summed E-state index contributed by atoms with van der Waals surface area (Å²) in [4.78, 5) is 11.4. The molecule has 0 saturated heterocycles. The maximum atomic E-state index is 12.8. The van der Waals surface area contributed by atoms with Crippen molar-refractivity contribution in [1.82, 2.24) is 4.57 Å². The monoisotopic (exact) mass is 169 g/mol. The van der Waals surface area contributed by atoms with Crippen LogP contribution in [0, 0.1) is 12.7 Å². The Bertz CT molecular complexity index is 341. The number of aromatic nitrogens is 1. The number of rotatable bonds is 1. The van der Waals surface area contributed by atoms with Crippen LogP contribution in [0.1, 0.15) is 25.5 Å². The quantitative estimate of drug-likeness (QED) is 0.629. The molecule has 0 aromatic carbocycles. The standard InChI is InChI=1S/C9H12FNO/c1-6(2)11-5-8(10)4-7(3)9(11)12/h4-6H,1-3H3. The van der Waals surface area contributed by atoms with Crippen molar-refractivity contribution in [2.24, 2.45) is 0 Å². The van der Waals surface area contributed by atoms with Gasteiger partial charge >= 0.3 is 0 Å². The van der Waals surface area contributed by atoms with Gasteiger partial charge in [-0.15, -0.1) is 0 Å². The van der Waals surface area contributed by atoms with Crippen molar-refractivity contribution in [2.75, 3.05) is 0 Å². The van der Waals surface area contributed by atoms with Crippen LogP contribution >= 0.6 is 0 Å². The van der Waals surface area contributed by atoms with Crippen molar-refractivity contribution < 1.29 is 4.39 Å². The molecule has 0 fully saturated rings. The molecular weight excluding hydrogens is 157 g/mol. The molecule has 0 radical (unpaired) electrons. The molecule has 0 amide bonds. The summed E-state index contributed by atoms with van der Waals surface area (Å²) in [5.41, 5.74) is 0.329. The number of hydrogen-bond donors (Lipinski definition) is 0. The number of halogens is 1. The second-order valence-corrected chi connectivity index (χ2v) is 3.15. The first-order valence-electron chi connectivity index (χ1n) is 3.90. The lowest BCUT2D eigenvalue weighted by atomic mass is 10.3. The van der Waals surface area contributed by atoms with E-state index in [2.05, 4.69) is 0 Å². The van der Waals surface area contributed by atoms with Gasteiger partial charge in [0.15, 0.2) is 0 Å². The van der Waals surface area contributed by atoms with Crippen LogP contribution < -0.4 is 5.56 Å². The zero-order chi connectivity index (χ0) is 9.30. The summed E-state index contributed by atoms with van der Waals surface area (Å²) in [6.45, 7) is 5.31. The van der Waals surface area contributed by atoms with Gasteiger partial charge in [-0.3, -0.25) is 4.79 Å². The zero-order valence-electron chi connectivity index (χ0n) is 7.47. The molecule has 0 saturated carbocycles. The topological polar surface area (TPSA) is 22.0 Å². The maximum Gasteiger partial charge on any atom is 0.253 e. The summed E-state index contributed by atoms with van der Waals surface area (Å²) in [6.07, 6.45) is 1.24. The van der Waals surface area contributed by atoms with Crippen LogP contribution in [0.25, 0.3) is 0 Å². The predicted octanol–water partition coefficient (Wildman–Crippen LogP) is 1.88. The molecule has 0 spiro atoms. The highest BCUT2D eigenvalue weighted by Gasteiger charge is 2.04. The van der Waals surface area contributed by atoms with Crippen molar-refractivity contribution in [2.45, 2.75) is 26.8 Å². The Hall–Kier alpha value is -1.12. The third-order valence-electron chi connectivity index (χ3n) is 1.75. The van der Waals surface area contributed by atoms with E-state index in [1.54, 1.807) is 6.92 Å². The Morgan fingerprint density at radius 3 is 2.58 bits per heavy atom. The van der Waals surface area contributed by atoms with Gasteiger partial charge in [0.2, 0.25) is 0 Å². The Balaban J connectivity index is 3.38. The van der Waals surface area contributed by atoms with Gasteiger partial charge in [-0.25, -0.2) is 4.39 Å². The van der Waals surface area contributed by atoms with Gasteiger partial charge in [0.25, 0.3) is 5.56 Å². The van der Waals surface area contributed by atoms with E-state index in [1.807, 2.05) is 13.8 Å². The van der Waals surface area contributed by atoms with Crippen molar-refractivity contribution in [1.29, 1.82) is 0 Å². The Morgan fingerprint density at radius 2 is 2.08 bits per heavy atom. The van der Waals surface area contributed by atoms with E-state index in [-0.39, 0.29) is 17.4 Å². The summed E-state index contributed by atoms with van der Waals surface area (Å²) in [5, 5.41) is 0. The van der Waals surface area contributed by atoms with Crippen molar-refractivity contribution >= 4 is 0 Å². The summed E-state index contributed by atoms with van der Waals surface area (Å²) in [7, 11) is 0. The summed E-state index contributed by atoms with van der Waals surface area (Å²) >= 11 is 0. The largest absolute Gasteiger partial charge is 0.310 e. The summed E-state index contributed by atoms with van der Waals surface area (Å²) < 4.78 is 14.2. The van der Waals surface area contributed by atoms with E-state index in [4.69, 9.17) is 0 Å². The Labute approximate surface area is 70.6 Å². The molecule has 2 nitrogen and oxygen atoms in total. The molecule has 0 N–H and O–H groups in total. The van der Waals surface area contributed by atoms with Gasteiger partial charge in [-0.05, 0) is 26.8 Å². The van der Waals surface area contributed by atoms with Crippen molar-refractivity contribution in [3.05, 3.63) is 34.0 Å². The molecule has 0 aliphatic rings. The lowest BCUT2D eigenvalue weighted by molar-refractivity contribution is 0.533. The molecular formula is C9H12FNO. The molecule has 0 atom stereocenters. The number of hydrogen-bond acceptors (Lipinski definition) is 1. The first kappa shape index (κ1) is 8.97. The molecule has 3 heteroatoms. The van der Waals surface area contributed by atoms with Crippen molar-refractivity contribution in [3.8, 4) is 0 Å². The maximum absolute atomic E-state index is 12.8. The molecule has 0 aliphatic heterocycles. The van der Waals surface area contributed by atoms with Gasteiger partial charge in [-0.2, -0.15) is 0 Å². The normalized spacial score (nSPS) is 10.8. The van der Waals surface area contributed by atoms with Crippen LogP contribution in [0.2, 0.25) is 0 Å². The van der Waals surface area contributed by atoms with Gasteiger partial charge in [-0.1, -0.05) is 0 Å². The lowest BCUT2D eigenvalue weighted by Crippen LogP contribution is -2.23. The first-order valence-corrected chi connectivity index (χ1v) is 3.90. The molecule has 1 aromatic rings. The minimum absolute atomic E-state index is 0.00639. The van der Waals surface area contributed by atoms with E-state index in [9.17, 15) is 9.18 Å². The lowest BCUT2D eigenvalue weighted by Gasteiger charge is -2.09. The van der Waals surface area contributed by atoms with Crippen LogP contribution in [0.3, 0.4) is 0 Å². The third-order valence-corrected chi connectivity index (χ3v) is 1.75. The van der Waals surface area contributed by atoms with E-state index >= 15 is 0 Å². The molecule has 1 heterocycles. The highest BCUT2D eigenvalue weighted by molar-refractivity contribution is 5.09. The fraction of sp³-hybridized carbons (Fsp3) is 0.444. The predicted molar refractivity (Wildman–Crippen MR) is 45.8 cm³/mol. The molecule has 0 bridgehead atoms. The fourth-order valence-corrected chi connectivity index (χ4v) is 1.08. The molecule has 1 aromatic heterocycles. The molecule has 0 unspecified atom stereocenters. The van der Waals surface area contributed by atoms with E-state index in [1.165, 1.54) is 16.8 Å². The molecule has 12 heavy (non-hydrogen) atoms. The molecule has 0 aliphatic carbocycles. The van der Waals surface area contributed by atoms with Gasteiger partial charge < -0.3 is 4.57 Å². The fourth-order valence-electron chi connectivity index (χ4n) is 1.08. The Morgan fingerprint density at radius 1 is 1.50 bits per heavy atom. The number of nitrogens with zero attached hydrogens (tertiary/aromatic N) is 1. The Kier molecular flexibility index (Phi) is 2.31. The third kappa shape index (κ3) is 1.55. The zero-order valence-corrected chi connectivity index (χ0v) is 7.47. The average molecular weight is 169 g/mol. The van der Waals surface area contributed by atoms with Crippen LogP contribution in [-0.2, 0) is 0 Å².